The molecule has 1 amide bonds. The molecule has 0 aliphatic carbocycles. The maximum atomic E-state index is 11.9. The molecule has 6 heteroatoms. The molecule has 17 heavy (non-hydrogen) atoms. The van der Waals surface area contributed by atoms with Crippen molar-refractivity contribution in [3.05, 3.63) is 0 Å². The first kappa shape index (κ1) is 12.3. The van der Waals surface area contributed by atoms with E-state index in [1.165, 1.54) is 4.90 Å². The summed E-state index contributed by atoms with van der Waals surface area (Å²) in [6.45, 7) is 3.91. The SMILES string of the molecule is CC1(OCC(=O)N2CCC[C@@H]2C(=O)O)CNC1. The number of ether oxygens (including phenoxy) is 1. The van der Waals surface area contributed by atoms with Crippen LogP contribution in [-0.2, 0) is 14.3 Å². The lowest BCUT2D eigenvalue weighted by Crippen LogP contribution is -2.60. The number of hydrogen-bond donors (Lipinski definition) is 2. The highest BCUT2D eigenvalue weighted by molar-refractivity contribution is 5.85. The lowest BCUT2D eigenvalue weighted by atomic mass is 10.0. The summed E-state index contributed by atoms with van der Waals surface area (Å²) in [6, 6.07) is -0.668. The van der Waals surface area contributed by atoms with Gasteiger partial charge in [-0.3, -0.25) is 4.79 Å². The first-order chi connectivity index (χ1) is 8.02. The summed E-state index contributed by atoms with van der Waals surface area (Å²) < 4.78 is 5.52. The molecule has 0 aromatic rings. The van der Waals surface area contributed by atoms with Gasteiger partial charge in [-0.05, 0) is 19.8 Å². The first-order valence-electron chi connectivity index (χ1n) is 5.89. The quantitative estimate of drug-likeness (QED) is 0.691. The third kappa shape index (κ3) is 2.58. The number of aliphatic carboxylic acids is 1. The third-order valence-corrected chi connectivity index (χ3v) is 3.40. The van der Waals surface area contributed by atoms with Crippen LogP contribution in [0.1, 0.15) is 19.8 Å². The fourth-order valence-electron chi connectivity index (χ4n) is 2.22. The normalized spacial score (nSPS) is 26.6. The number of nitrogens with one attached hydrogen (secondary N) is 1. The number of likely N-dealkylation sites (tertiary alicyclic amines) is 1. The first-order valence-corrected chi connectivity index (χ1v) is 5.89. The summed E-state index contributed by atoms with van der Waals surface area (Å²) in [6.07, 6.45) is 1.29. The topological polar surface area (TPSA) is 78.9 Å². The molecule has 0 radical (unpaired) electrons. The number of carbonyl (C=O) groups is 2. The zero-order valence-corrected chi connectivity index (χ0v) is 9.94. The highest BCUT2D eigenvalue weighted by Gasteiger charge is 2.37. The van der Waals surface area contributed by atoms with Crippen molar-refractivity contribution in [1.29, 1.82) is 0 Å². The molecule has 96 valence electrons. The van der Waals surface area contributed by atoms with Crippen LogP contribution in [0, 0.1) is 0 Å². The molecule has 0 saturated carbocycles. The molecule has 2 saturated heterocycles. The molecular weight excluding hydrogens is 224 g/mol. The van der Waals surface area contributed by atoms with Gasteiger partial charge >= 0.3 is 5.97 Å². The standard InChI is InChI=1S/C11H18N2O4/c1-11(6-12-7-11)17-5-9(14)13-4-2-3-8(13)10(15)16/h8,12H,2-7H2,1H3,(H,15,16)/t8-/m1/s1. The Morgan fingerprint density at radius 2 is 2.24 bits per heavy atom. The molecule has 0 aromatic carbocycles. The maximum absolute atomic E-state index is 11.9. The van der Waals surface area contributed by atoms with Crippen molar-refractivity contribution in [2.45, 2.75) is 31.4 Å². The molecule has 2 rings (SSSR count). The van der Waals surface area contributed by atoms with Gasteiger partial charge in [-0.2, -0.15) is 0 Å². The van der Waals surface area contributed by atoms with E-state index in [0.29, 0.717) is 13.0 Å². The highest BCUT2D eigenvalue weighted by atomic mass is 16.5. The summed E-state index contributed by atoms with van der Waals surface area (Å²) in [5.74, 6) is -1.14. The van der Waals surface area contributed by atoms with Crippen LogP contribution in [0.5, 0.6) is 0 Å². The summed E-state index contributed by atoms with van der Waals surface area (Å²) in [5, 5.41) is 12.1. The predicted molar refractivity (Wildman–Crippen MR) is 59.6 cm³/mol. The Morgan fingerprint density at radius 3 is 2.76 bits per heavy atom. The average Bonchev–Trinajstić information content (AvgIpc) is 2.72. The van der Waals surface area contributed by atoms with E-state index >= 15 is 0 Å². The molecule has 0 bridgehead atoms. The number of hydrogen-bond acceptors (Lipinski definition) is 4. The molecule has 6 nitrogen and oxygen atoms in total. The second-order valence-electron chi connectivity index (χ2n) is 4.93. The number of carboxylic acid groups (broad SMARTS) is 1. The van der Waals surface area contributed by atoms with E-state index in [1.54, 1.807) is 0 Å². The number of rotatable bonds is 4. The Hall–Kier alpha value is -1.14. The van der Waals surface area contributed by atoms with Gasteiger partial charge in [-0.1, -0.05) is 0 Å². The molecule has 0 aromatic heterocycles. The van der Waals surface area contributed by atoms with E-state index in [1.807, 2.05) is 6.92 Å². The van der Waals surface area contributed by atoms with Crippen LogP contribution < -0.4 is 5.32 Å². The zero-order chi connectivity index (χ0) is 12.5. The second-order valence-corrected chi connectivity index (χ2v) is 4.93. The Morgan fingerprint density at radius 1 is 1.53 bits per heavy atom. The van der Waals surface area contributed by atoms with Gasteiger partial charge in [-0.15, -0.1) is 0 Å². The van der Waals surface area contributed by atoms with Gasteiger partial charge in [0.25, 0.3) is 0 Å². The van der Waals surface area contributed by atoms with Crippen LogP contribution in [0.3, 0.4) is 0 Å². The van der Waals surface area contributed by atoms with Crippen LogP contribution in [0.4, 0.5) is 0 Å². The van der Waals surface area contributed by atoms with Gasteiger partial charge < -0.3 is 20.1 Å². The Bertz CT molecular complexity index is 327. The van der Waals surface area contributed by atoms with Crippen molar-refractivity contribution in [2.24, 2.45) is 0 Å². The number of carboxylic acids is 1. The van der Waals surface area contributed by atoms with E-state index < -0.39 is 12.0 Å². The van der Waals surface area contributed by atoms with E-state index in [2.05, 4.69) is 5.32 Å². The van der Waals surface area contributed by atoms with Crippen molar-refractivity contribution in [3.8, 4) is 0 Å². The molecule has 1 atom stereocenters. The monoisotopic (exact) mass is 242 g/mol. The fraction of sp³-hybridized carbons (Fsp3) is 0.818. The van der Waals surface area contributed by atoms with Crippen LogP contribution in [0.25, 0.3) is 0 Å². The molecule has 2 N–H and O–H groups in total. The largest absolute Gasteiger partial charge is 0.480 e. The van der Waals surface area contributed by atoms with E-state index in [-0.39, 0.29) is 18.1 Å². The highest BCUT2D eigenvalue weighted by Crippen LogP contribution is 2.19. The summed E-state index contributed by atoms with van der Waals surface area (Å²) in [5.41, 5.74) is -0.270. The van der Waals surface area contributed by atoms with Gasteiger partial charge in [0, 0.05) is 19.6 Å². The summed E-state index contributed by atoms with van der Waals surface area (Å²) in [4.78, 5) is 24.2. The molecular formula is C11H18N2O4. The molecule has 0 spiro atoms. The lowest BCUT2D eigenvalue weighted by Gasteiger charge is -2.39. The lowest BCUT2D eigenvalue weighted by molar-refractivity contribution is -0.154. The smallest absolute Gasteiger partial charge is 0.326 e. The van der Waals surface area contributed by atoms with Crippen molar-refractivity contribution in [3.63, 3.8) is 0 Å². The minimum Gasteiger partial charge on any atom is -0.480 e. The molecule has 2 aliphatic heterocycles. The van der Waals surface area contributed by atoms with Gasteiger partial charge in [0.1, 0.15) is 12.6 Å². The van der Waals surface area contributed by atoms with Crippen molar-refractivity contribution in [1.82, 2.24) is 10.2 Å². The number of nitrogens with zero attached hydrogens (tertiary/aromatic N) is 1. The Balaban J connectivity index is 1.84. The van der Waals surface area contributed by atoms with Gasteiger partial charge in [0.2, 0.25) is 5.91 Å². The number of amides is 1. The van der Waals surface area contributed by atoms with Crippen molar-refractivity contribution in [2.75, 3.05) is 26.2 Å². The number of carbonyl (C=O) groups excluding carboxylic acids is 1. The van der Waals surface area contributed by atoms with Gasteiger partial charge in [-0.25, -0.2) is 4.79 Å². The Labute approximate surface area is 99.9 Å². The Kier molecular flexibility index (Phi) is 3.35. The minimum absolute atomic E-state index is 0.0258. The fourth-order valence-corrected chi connectivity index (χ4v) is 2.22. The third-order valence-electron chi connectivity index (χ3n) is 3.40. The summed E-state index contributed by atoms with van der Waals surface area (Å²) >= 11 is 0. The maximum Gasteiger partial charge on any atom is 0.326 e. The van der Waals surface area contributed by atoms with Crippen LogP contribution in [-0.4, -0.2) is 59.8 Å². The van der Waals surface area contributed by atoms with E-state index in [9.17, 15) is 9.59 Å². The zero-order valence-electron chi connectivity index (χ0n) is 9.94. The average molecular weight is 242 g/mol. The van der Waals surface area contributed by atoms with E-state index in [0.717, 1.165) is 19.5 Å². The van der Waals surface area contributed by atoms with Crippen LogP contribution in [0.15, 0.2) is 0 Å². The molecule has 2 heterocycles. The second kappa shape index (κ2) is 4.62. The molecule has 2 fully saturated rings. The minimum atomic E-state index is -0.924. The summed E-state index contributed by atoms with van der Waals surface area (Å²) in [7, 11) is 0. The molecule has 2 aliphatic rings. The van der Waals surface area contributed by atoms with Gasteiger partial charge in [0.15, 0.2) is 0 Å². The molecule has 0 unspecified atom stereocenters. The van der Waals surface area contributed by atoms with Crippen LogP contribution in [0.2, 0.25) is 0 Å². The van der Waals surface area contributed by atoms with E-state index in [4.69, 9.17) is 9.84 Å². The van der Waals surface area contributed by atoms with Crippen molar-refractivity contribution >= 4 is 11.9 Å². The van der Waals surface area contributed by atoms with Crippen LogP contribution >= 0.6 is 0 Å². The predicted octanol–water partition coefficient (Wildman–Crippen LogP) is -0.559. The van der Waals surface area contributed by atoms with Crippen molar-refractivity contribution < 1.29 is 19.4 Å². The van der Waals surface area contributed by atoms with Gasteiger partial charge in [0.05, 0.1) is 5.60 Å².